The zero-order chi connectivity index (χ0) is 29.5. The van der Waals surface area contributed by atoms with E-state index in [0.29, 0.717) is 26.9 Å². The maximum atomic E-state index is 13.8. The van der Waals surface area contributed by atoms with Crippen LogP contribution in [0, 0.1) is 16.0 Å². The number of anilines is 2. The molecule has 0 spiro atoms. The van der Waals surface area contributed by atoms with Crippen LogP contribution in [0.15, 0.2) is 82.6 Å². The van der Waals surface area contributed by atoms with Gasteiger partial charge in [-0.3, -0.25) is 29.3 Å². The fourth-order valence-corrected chi connectivity index (χ4v) is 7.53. The topological polar surface area (TPSA) is 172 Å². The number of carbonyl (C=O) groups excluding carboxylic acids is 3. The first-order chi connectivity index (χ1) is 20.2. The fraction of sp³-hybridized carbons (Fsp3) is 0.143. The highest BCUT2D eigenvalue weighted by molar-refractivity contribution is 8.00. The van der Waals surface area contributed by atoms with Gasteiger partial charge in [-0.1, -0.05) is 35.2 Å². The normalized spacial score (nSPS) is 19.2. The average Bonchev–Trinajstić information content (AvgIpc) is 3.47. The number of non-ortho nitro benzene ring substituents is 1. The van der Waals surface area contributed by atoms with Crippen LogP contribution in [-0.4, -0.2) is 44.6 Å². The third-order valence-electron chi connectivity index (χ3n) is 6.90. The third-order valence-corrected chi connectivity index (χ3v) is 9.30. The van der Waals surface area contributed by atoms with Crippen LogP contribution in [0.1, 0.15) is 16.4 Å². The first-order valence-corrected chi connectivity index (χ1v) is 14.2. The number of nitro benzene ring substituents is 1. The molecule has 1 saturated heterocycles. The van der Waals surface area contributed by atoms with E-state index in [9.17, 15) is 34.4 Å². The Kier molecular flexibility index (Phi) is 7.00. The van der Waals surface area contributed by atoms with Gasteiger partial charge >= 0.3 is 4.87 Å². The molecule has 212 valence electrons. The van der Waals surface area contributed by atoms with E-state index in [1.54, 1.807) is 36.4 Å². The number of rotatable bonds is 7. The summed E-state index contributed by atoms with van der Waals surface area (Å²) in [6.45, 7) is -0.272. The minimum absolute atomic E-state index is 0.0778. The predicted molar refractivity (Wildman–Crippen MR) is 154 cm³/mol. The van der Waals surface area contributed by atoms with Crippen molar-refractivity contribution in [3.63, 3.8) is 0 Å². The Morgan fingerprint density at radius 2 is 1.69 bits per heavy atom. The second-order valence-corrected chi connectivity index (χ2v) is 11.7. The van der Waals surface area contributed by atoms with Gasteiger partial charge in [0.25, 0.3) is 11.6 Å². The Morgan fingerprint density at radius 1 is 1.00 bits per heavy atom. The van der Waals surface area contributed by atoms with E-state index in [1.165, 1.54) is 36.4 Å². The number of fused-ring (bicyclic) bond motifs is 2. The number of aromatic amines is 1. The van der Waals surface area contributed by atoms with E-state index in [0.717, 1.165) is 28.0 Å². The van der Waals surface area contributed by atoms with Gasteiger partial charge in [0.2, 0.25) is 11.8 Å². The van der Waals surface area contributed by atoms with Crippen molar-refractivity contribution < 1.29 is 29.2 Å². The zero-order valence-corrected chi connectivity index (χ0v) is 23.0. The summed E-state index contributed by atoms with van der Waals surface area (Å²) >= 11 is 2.11. The number of hydrogen-bond acceptors (Lipinski definition) is 10. The summed E-state index contributed by atoms with van der Waals surface area (Å²) in [6.07, 6.45) is 0. The summed E-state index contributed by atoms with van der Waals surface area (Å²) in [6, 6.07) is 18.0. The Labute approximate surface area is 245 Å². The van der Waals surface area contributed by atoms with Crippen LogP contribution in [0.25, 0.3) is 0 Å². The number of thioether (sulfide) groups is 1. The third kappa shape index (κ3) is 5.01. The number of H-pyrrole nitrogens is 1. The minimum Gasteiger partial charge on any atom is -0.508 e. The molecular formula is C28H20N4O8S2. The van der Waals surface area contributed by atoms with Gasteiger partial charge in [0.15, 0.2) is 6.61 Å². The zero-order valence-electron chi connectivity index (χ0n) is 21.4. The Bertz CT molecular complexity index is 1770. The van der Waals surface area contributed by atoms with Crippen LogP contribution in [-0.2, 0) is 14.4 Å². The molecule has 3 amide bonds. The number of amides is 3. The number of aromatic hydroxyl groups is 1. The van der Waals surface area contributed by atoms with Gasteiger partial charge in [-0.05, 0) is 54.1 Å². The maximum absolute atomic E-state index is 13.8. The molecule has 1 aromatic heterocycles. The molecule has 0 aliphatic carbocycles. The van der Waals surface area contributed by atoms with Crippen molar-refractivity contribution in [2.45, 2.75) is 16.2 Å². The molecule has 1 fully saturated rings. The van der Waals surface area contributed by atoms with Crippen molar-refractivity contribution in [3.05, 3.63) is 103 Å². The molecule has 0 saturated carbocycles. The van der Waals surface area contributed by atoms with Crippen molar-refractivity contribution >= 4 is 57.9 Å². The van der Waals surface area contributed by atoms with E-state index < -0.39 is 39.7 Å². The average molecular weight is 605 g/mol. The smallest absolute Gasteiger partial charge is 0.305 e. The molecule has 3 aromatic carbocycles. The molecule has 3 heterocycles. The van der Waals surface area contributed by atoms with Gasteiger partial charge in [-0.15, -0.1) is 0 Å². The number of thiazole rings is 1. The molecule has 0 unspecified atom stereocenters. The summed E-state index contributed by atoms with van der Waals surface area (Å²) in [5, 5.41) is 22.8. The molecule has 2 aliphatic rings. The van der Waals surface area contributed by atoms with Gasteiger partial charge < -0.3 is 20.1 Å². The summed E-state index contributed by atoms with van der Waals surface area (Å²) < 4.78 is 5.61. The number of aromatic nitrogens is 1. The number of ether oxygens (including phenoxy) is 1. The molecule has 2 aliphatic heterocycles. The van der Waals surface area contributed by atoms with Gasteiger partial charge in [0.1, 0.15) is 16.7 Å². The van der Waals surface area contributed by atoms with Crippen LogP contribution in [0.4, 0.5) is 17.1 Å². The molecule has 0 bridgehead atoms. The molecule has 3 N–H and O–H groups in total. The van der Waals surface area contributed by atoms with Gasteiger partial charge in [-0.2, -0.15) is 0 Å². The molecule has 14 heteroatoms. The lowest BCUT2D eigenvalue weighted by atomic mass is 9.83. The van der Waals surface area contributed by atoms with E-state index in [1.807, 2.05) is 0 Å². The summed E-state index contributed by atoms with van der Waals surface area (Å²) in [7, 11) is 0. The number of nitrogens with zero attached hydrogens (tertiary/aromatic N) is 2. The minimum atomic E-state index is -0.820. The van der Waals surface area contributed by atoms with Crippen LogP contribution < -0.4 is 19.8 Å². The predicted octanol–water partition coefficient (Wildman–Crippen LogP) is 3.86. The number of hydrogen-bond donors (Lipinski definition) is 3. The highest BCUT2D eigenvalue weighted by atomic mass is 32.2. The second-order valence-electron chi connectivity index (χ2n) is 9.49. The van der Waals surface area contributed by atoms with Crippen molar-refractivity contribution in [1.29, 1.82) is 0 Å². The van der Waals surface area contributed by atoms with E-state index in [2.05, 4.69) is 10.3 Å². The second kappa shape index (κ2) is 10.8. The molecule has 6 rings (SSSR count). The van der Waals surface area contributed by atoms with Crippen LogP contribution >= 0.6 is 23.1 Å². The molecular weight excluding hydrogens is 584 g/mol. The lowest BCUT2D eigenvalue weighted by molar-refractivity contribution is -0.384. The standard InChI is InChI=1S/C28H20N4O8S2/c33-18-9-3-15(4-10-18)29-20(34)13-40-19-11-1-14(2-12-19)21-22-24(41-25-23(21)42-28(37)30-25)27(36)31(26(22)35)16-5-7-17(8-6-16)32(38)39/h1-12,21-22,24,33H,13H2,(H,29,34)(H,30,37)/t21-,22-,24+/m0/s1. The number of benzene rings is 3. The summed E-state index contributed by atoms with van der Waals surface area (Å²) in [5.41, 5.74) is 1.24. The van der Waals surface area contributed by atoms with Crippen LogP contribution in [0.5, 0.6) is 11.5 Å². The lowest BCUT2D eigenvalue weighted by Gasteiger charge is -2.29. The van der Waals surface area contributed by atoms with Crippen LogP contribution in [0.3, 0.4) is 0 Å². The van der Waals surface area contributed by atoms with E-state index in [4.69, 9.17) is 4.74 Å². The number of nitrogens with one attached hydrogen (secondary N) is 2. The highest BCUT2D eigenvalue weighted by Gasteiger charge is 2.56. The maximum Gasteiger partial charge on any atom is 0.305 e. The largest absolute Gasteiger partial charge is 0.508 e. The molecule has 42 heavy (non-hydrogen) atoms. The van der Waals surface area contributed by atoms with Gasteiger partial charge in [-0.25, -0.2) is 4.90 Å². The molecule has 12 nitrogen and oxygen atoms in total. The summed E-state index contributed by atoms with van der Waals surface area (Å²) in [4.78, 5) is 66.5. The lowest BCUT2D eigenvalue weighted by Crippen LogP contribution is -2.32. The quantitative estimate of drug-likeness (QED) is 0.123. The van der Waals surface area contributed by atoms with Crippen molar-refractivity contribution in [3.8, 4) is 11.5 Å². The number of phenolic OH excluding ortho intramolecular Hbond substituents is 1. The van der Waals surface area contributed by atoms with Crippen molar-refractivity contribution in [2.75, 3.05) is 16.8 Å². The Morgan fingerprint density at radius 3 is 2.36 bits per heavy atom. The number of phenols is 1. The molecule has 0 radical (unpaired) electrons. The van der Waals surface area contributed by atoms with Crippen molar-refractivity contribution in [1.82, 2.24) is 4.98 Å². The van der Waals surface area contributed by atoms with Gasteiger partial charge in [0, 0.05) is 28.6 Å². The van der Waals surface area contributed by atoms with E-state index >= 15 is 0 Å². The van der Waals surface area contributed by atoms with Crippen molar-refractivity contribution in [2.24, 2.45) is 5.92 Å². The van der Waals surface area contributed by atoms with E-state index in [-0.39, 0.29) is 28.6 Å². The molecule has 4 aromatic rings. The number of imide groups is 1. The fourth-order valence-electron chi connectivity index (χ4n) is 5.02. The SMILES string of the molecule is O=C(COc1ccc([C@@H]2c3sc(=O)[nH]c3S[C@H]3C(=O)N(c4ccc([N+](=O)[O-])cc4)C(=O)[C@@H]23)cc1)Nc1ccc(O)cc1. The Hall–Kier alpha value is -4.95. The Balaban J connectivity index is 1.24. The van der Waals surface area contributed by atoms with Crippen LogP contribution in [0.2, 0.25) is 0 Å². The van der Waals surface area contributed by atoms with Gasteiger partial charge in [0.05, 0.1) is 21.6 Å². The number of nitro groups is 1. The monoisotopic (exact) mass is 604 g/mol. The molecule has 3 atom stereocenters. The highest BCUT2D eigenvalue weighted by Crippen LogP contribution is 2.53. The first kappa shape index (κ1) is 27.2. The first-order valence-electron chi connectivity index (χ1n) is 12.5. The number of carbonyl (C=O) groups is 3. The summed E-state index contributed by atoms with van der Waals surface area (Å²) in [5.74, 6) is -2.29.